The molecule has 4 heteroatoms. The summed E-state index contributed by atoms with van der Waals surface area (Å²) in [7, 11) is 0. The number of aliphatic hydroxyl groups excluding tert-OH is 1. The van der Waals surface area contributed by atoms with Crippen LogP contribution in [0.2, 0.25) is 0 Å². The number of benzene rings is 2. The molecule has 4 rings (SSSR count). The van der Waals surface area contributed by atoms with E-state index in [-0.39, 0.29) is 6.61 Å². The molecule has 2 aromatic carbocycles. The number of hydrogen-bond acceptors (Lipinski definition) is 3. The van der Waals surface area contributed by atoms with Crippen molar-refractivity contribution in [2.75, 3.05) is 32.8 Å². The molecule has 1 aliphatic heterocycles. The molecule has 1 heterocycles. The Bertz CT molecular complexity index is 1030. The standard InChI is InChI=1S/C30H37BrN2O/c1-23(2)32-18-20-33(21-19-32)28-16-12-26(13-17-28)30(25-10-14-27(31)15-11-25)29(9-6-22-34)24-7-4-3-5-8-24/h3-5,7-8,10-12,14-16,23,34H,6,9,13,17-22H2,1-2H3/b30-29-. The highest BCUT2D eigenvalue weighted by Gasteiger charge is 2.23. The van der Waals surface area contributed by atoms with Crippen LogP contribution in [-0.4, -0.2) is 53.7 Å². The summed E-state index contributed by atoms with van der Waals surface area (Å²) in [6.07, 6.45) is 8.45. The lowest BCUT2D eigenvalue weighted by Gasteiger charge is -2.40. The van der Waals surface area contributed by atoms with Gasteiger partial charge < -0.3 is 10.0 Å². The van der Waals surface area contributed by atoms with E-state index in [9.17, 15) is 5.11 Å². The average molecular weight is 522 g/mol. The average Bonchev–Trinajstić information content (AvgIpc) is 2.88. The zero-order chi connectivity index (χ0) is 23.9. The molecule has 0 spiro atoms. The highest BCUT2D eigenvalue weighted by atomic mass is 79.9. The second-order valence-corrected chi connectivity index (χ2v) is 10.4. The predicted octanol–water partition coefficient (Wildman–Crippen LogP) is 6.76. The van der Waals surface area contributed by atoms with E-state index in [1.807, 2.05) is 0 Å². The molecular weight excluding hydrogens is 484 g/mol. The third-order valence-electron chi connectivity index (χ3n) is 7.04. The van der Waals surface area contributed by atoms with Gasteiger partial charge in [0.25, 0.3) is 0 Å². The molecular formula is C30H37BrN2O. The third-order valence-corrected chi connectivity index (χ3v) is 7.57. The molecule has 180 valence electrons. The summed E-state index contributed by atoms with van der Waals surface area (Å²) in [4.78, 5) is 5.15. The molecule has 0 amide bonds. The normalized spacial score (nSPS) is 18.0. The first-order valence-corrected chi connectivity index (χ1v) is 13.4. The molecule has 34 heavy (non-hydrogen) atoms. The summed E-state index contributed by atoms with van der Waals surface area (Å²) in [6.45, 7) is 9.32. The smallest absolute Gasteiger partial charge is 0.0434 e. The lowest BCUT2D eigenvalue weighted by Crippen LogP contribution is -2.48. The van der Waals surface area contributed by atoms with Gasteiger partial charge in [-0.15, -0.1) is 0 Å². The number of allylic oxidation sites excluding steroid dienone is 6. The van der Waals surface area contributed by atoms with Crippen molar-refractivity contribution in [1.82, 2.24) is 9.80 Å². The molecule has 2 aromatic rings. The van der Waals surface area contributed by atoms with Gasteiger partial charge in [0.05, 0.1) is 0 Å². The lowest BCUT2D eigenvalue weighted by molar-refractivity contribution is 0.127. The van der Waals surface area contributed by atoms with Gasteiger partial charge >= 0.3 is 0 Å². The molecule has 0 saturated carbocycles. The van der Waals surface area contributed by atoms with Crippen molar-refractivity contribution < 1.29 is 5.11 Å². The second kappa shape index (κ2) is 12.0. The summed E-state index contributed by atoms with van der Waals surface area (Å²) in [6, 6.07) is 20.0. The zero-order valence-corrected chi connectivity index (χ0v) is 22.1. The van der Waals surface area contributed by atoms with Crippen molar-refractivity contribution in [1.29, 1.82) is 0 Å². The first-order valence-electron chi connectivity index (χ1n) is 12.6. The van der Waals surface area contributed by atoms with E-state index in [0.29, 0.717) is 6.04 Å². The highest BCUT2D eigenvalue weighted by molar-refractivity contribution is 9.10. The van der Waals surface area contributed by atoms with Crippen molar-refractivity contribution in [3.05, 3.63) is 93.6 Å². The van der Waals surface area contributed by atoms with Crippen molar-refractivity contribution in [3.63, 3.8) is 0 Å². The summed E-state index contributed by atoms with van der Waals surface area (Å²) in [5, 5.41) is 9.63. The molecule has 1 N–H and O–H groups in total. The van der Waals surface area contributed by atoms with Crippen LogP contribution in [0, 0.1) is 0 Å². The van der Waals surface area contributed by atoms with Crippen LogP contribution in [0.5, 0.6) is 0 Å². The van der Waals surface area contributed by atoms with Crippen molar-refractivity contribution in [2.45, 2.75) is 45.6 Å². The summed E-state index contributed by atoms with van der Waals surface area (Å²) in [5.41, 5.74) is 8.00. The Balaban J connectivity index is 1.70. The SMILES string of the molecule is CC(C)N1CCN(C2=CC=C(/C(=C(/CCCO)c3ccccc3)c3ccc(Br)cc3)CC2)CC1. The minimum absolute atomic E-state index is 0.204. The van der Waals surface area contributed by atoms with E-state index in [2.05, 4.69) is 106 Å². The second-order valence-electron chi connectivity index (χ2n) is 9.52. The van der Waals surface area contributed by atoms with Crippen molar-refractivity contribution >= 4 is 27.1 Å². The Hall–Kier alpha value is -2.14. The van der Waals surface area contributed by atoms with Crippen LogP contribution in [0.3, 0.4) is 0 Å². The quantitative estimate of drug-likeness (QED) is 0.389. The minimum Gasteiger partial charge on any atom is -0.396 e. The molecule has 0 aromatic heterocycles. The van der Waals surface area contributed by atoms with E-state index in [0.717, 1.165) is 56.3 Å². The molecule has 2 aliphatic rings. The van der Waals surface area contributed by atoms with Crippen LogP contribution in [0.4, 0.5) is 0 Å². The van der Waals surface area contributed by atoms with E-state index in [1.54, 1.807) is 0 Å². The molecule has 0 bridgehead atoms. The van der Waals surface area contributed by atoms with Crippen LogP contribution in [-0.2, 0) is 0 Å². The van der Waals surface area contributed by atoms with Gasteiger partial charge in [-0.25, -0.2) is 0 Å². The van der Waals surface area contributed by atoms with Crippen LogP contribution < -0.4 is 0 Å². The fourth-order valence-electron chi connectivity index (χ4n) is 5.10. The molecule has 1 aliphatic carbocycles. The maximum atomic E-state index is 9.63. The van der Waals surface area contributed by atoms with Gasteiger partial charge in [0.2, 0.25) is 0 Å². The first-order chi connectivity index (χ1) is 16.6. The first kappa shape index (κ1) is 25.0. The number of rotatable bonds is 8. The van der Waals surface area contributed by atoms with Crippen molar-refractivity contribution in [2.24, 2.45) is 0 Å². The topological polar surface area (TPSA) is 26.7 Å². The van der Waals surface area contributed by atoms with Gasteiger partial charge in [-0.05, 0) is 85.6 Å². The Labute approximate surface area is 213 Å². The molecule has 1 fully saturated rings. The van der Waals surface area contributed by atoms with E-state index in [4.69, 9.17) is 0 Å². The monoisotopic (exact) mass is 520 g/mol. The van der Waals surface area contributed by atoms with Crippen LogP contribution >= 0.6 is 15.9 Å². The summed E-state index contributed by atoms with van der Waals surface area (Å²) in [5.74, 6) is 0. The number of nitrogens with zero attached hydrogens (tertiary/aromatic N) is 2. The number of hydrogen-bond donors (Lipinski definition) is 1. The fraction of sp³-hybridized carbons (Fsp3) is 0.400. The third kappa shape index (κ3) is 6.10. The summed E-state index contributed by atoms with van der Waals surface area (Å²) < 4.78 is 1.09. The lowest BCUT2D eigenvalue weighted by atomic mass is 9.83. The van der Waals surface area contributed by atoms with Gasteiger partial charge in [-0.3, -0.25) is 4.90 Å². The number of halogens is 1. The zero-order valence-electron chi connectivity index (χ0n) is 20.5. The largest absolute Gasteiger partial charge is 0.396 e. The number of piperazine rings is 1. The summed E-state index contributed by atoms with van der Waals surface area (Å²) >= 11 is 3.60. The minimum atomic E-state index is 0.204. The Kier molecular flexibility index (Phi) is 8.82. The van der Waals surface area contributed by atoms with Crippen molar-refractivity contribution in [3.8, 4) is 0 Å². The molecule has 0 atom stereocenters. The molecule has 3 nitrogen and oxygen atoms in total. The molecule has 0 unspecified atom stereocenters. The van der Waals surface area contributed by atoms with Gasteiger partial charge in [-0.1, -0.05) is 64.5 Å². The highest BCUT2D eigenvalue weighted by Crippen LogP contribution is 2.39. The van der Waals surface area contributed by atoms with Crippen LogP contribution in [0.1, 0.15) is 50.7 Å². The van der Waals surface area contributed by atoms with E-state index in [1.165, 1.54) is 33.5 Å². The van der Waals surface area contributed by atoms with Gasteiger partial charge in [0.15, 0.2) is 0 Å². The van der Waals surface area contributed by atoms with Gasteiger partial charge in [0.1, 0.15) is 0 Å². The van der Waals surface area contributed by atoms with Gasteiger partial charge in [-0.2, -0.15) is 0 Å². The number of aliphatic hydroxyl groups is 1. The van der Waals surface area contributed by atoms with E-state index < -0.39 is 0 Å². The van der Waals surface area contributed by atoms with E-state index >= 15 is 0 Å². The molecule has 0 radical (unpaired) electrons. The van der Waals surface area contributed by atoms with Crippen LogP contribution in [0.15, 0.2) is 82.5 Å². The maximum Gasteiger partial charge on any atom is 0.0434 e. The van der Waals surface area contributed by atoms with Gasteiger partial charge in [0, 0.05) is 49.0 Å². The predicted molar refractivity (Wildman–Crippen MR) is 147 cm³/mol. The Morgan fingerprint density at radius 3 is 2.18 bits per heavy atom. The Morgan fingerprint density at radius 2 is 1.59 bits per heavy atom. The van der Waals surface area contributed by atoms with Crippen LogP contribution in [0.25, 0.3) is 11.1 Å². The maximum absolute atomic E-state index is 9.63. The Morgan fingerprint density at radius 1 is 0.882 bits per heavy atom. The fourth-order valence-corrected chi connectivity index (χ4v) is 5.37. The molecule has 1 saturated heterocycles.